The second kappa shape index (κ2) is 4.05. The fourth-order valence-electron chi connectivity index (χ4n) is 1.83. The number of likely N-dealkylation sites (tertiary alicyclic amines) is 1. The van der Waals surface area contributed by atoms with Crippen molar-refractivity contribution in [1.29, 1.82) is 0 Å². The lowest BCUT2D eigenvalue weighted by atomic mass is 9.95. The second-order valence-electron chi connectivity index (χ2n) is 4.17. The molecule has 74 valence electrons. The SMILES string of the molecule is C=CCC(=O)C(C)(C)N1CCCC1. The number of hydrogen-bond acceptors (Lipinski definition) is 2. The summed E-state index contributed by atoms with van der Waals surface area (Å²) >= 11 is 0. The van der Waals surface area contributed by atoms with E-state index < -0.39 is 0 Å². The van der Waals surface area contributed by atoms with Crippen LogP contribution in [0.25, 0.3) is 0 Å². The summed E-state index contributed by atoms with van der Waals surface area (Å²) < 4.78 is 0. The first kappa shape index (κ1) is 10.5. The molecule has 13 heavy (non-hydrogen) atoms. The summed E-state index contributed by atoms with van der Waals surface area (Å²) in [5, 5.41) is 0. The minimum atomic E-state index is -0.287. The Hall–Kier alpha value is -0.630. The molecule has 0 bridgehead atoms. The van der Waals surface area contributed by atoms with Crippen LogP contribution < -0.4 is 0 Å². The van der Waals surface area contributed by atoms with Gasteiger partial charge in [-0.3, -0.25) is 9.69 Å². The maximum Gasteiger partial charge on any atom is 0.156 e. The van der Waals surface area contributed by atoms with Crippen LogP contribution in [0.3, 0.4) is 0 Å². The number of rotatable bonds is 4. The van der Waals surface area contributed by atoms with Crippen molar-refractivity contribution in [3.8, 4) is 0 Å². The molecular weight excluding hydrogens is 162 g/mol. The van der Waals surface area contributed by atoms with Crippen molar-refractivity contribution in [3.05, 3.63) is 12.7 Å². The van der Waals surface area contributed by atoms with Crippen LogP contribution in [0.4, 0.5) is 0 Å². The molecule has 1 saturated heterocycles. The van der Waals surface area contributed by atoms with Crippen LogP contribution in [0.5, 0.6) is 0 Å². The minimum Gasteiger partial charge on any atom is -0.297 e. The molecule has 0 saturated carbocycles. The van der Waals surface area contributed by atoms with Gasteiger partial charge in [-0.1, -0.05) is 6.08 Å². The summed E-state index contributed by atoms with van der Waals surface area (Å²) in [5.74, 6) is 0.282. The predicted molar refractivity (Wildman–Crippen MR) is 54.7 cm³/mol. The van der Waals surface area contributed by atoms with E-state index in [1.54, 1.807) is 6.08 Å². The van der Waals surface area contributed by atoms with Crippen molar-refractivity contribution in [3.63, 3.8) is 0 Å². The van der Waals surface area contributed by atoms with Crippen LogP contribution in [-0.2, 0) is 4.79 Å². The predicted octanol–water partition coefficient (Wildman–Crippen LogP) is 2.01. The van der Waals surface area contributed by atoms with E-state index in [4.69, 9.17) is 0 Å². The molecule has 1 fully saturated rings. The van der Waals surface area contributed by atoms with E-state index in [0.29, 0.717) is 6.42 Å². The quantitative estimate of drug-likeness (QED) is 0.618. The first-order valence-corrected chi connectivity index (χ1v) is 4.98. The van der Waals surface area contributed by atoms with Gasteiger partial charge in [0.1, 0.15) is 0 Å². The average Bonchev–Trinajstić information content (AvgIpc) is 2.56. The van der Waals surface area contributed by atoms with Gasteiger partial charge < -0.3 is 0 Å². The van der Waals surface area contributed by atoms with Crippen molar-refractivity contribution in [2.24, 2.45) is 0 Å². The highest BCUT2D eigenvalue weighted by molar-refractivity contribution is 5.88. The van der Waals surface area contributed by atoms with Crippen LogP contribution >= 0.6 is 0 Å². The highest BCUT2D eigenvalue weighted by Gasteiger charge is 2.34. The number of hydrogen-bond donors (Lipinski definition) is 0. The fraction of sp³-hybridized carbons (Fsp3) is 0.727. The molecule has 0 unspecified atom stereocenters. The Morgan fingerprint density at radius 1 is 1.46 bits per heavy atom. The van der Waals surface area contributed by atoms with Gasteiger partial charge in [0.15, 0.2) is 5.78 Å². The fourth-order valence-corrected chi connectivity index (χ4v) is 1.83. The van der Waals surface area contributed by atoms with Gasteiger partial charge in [0.2, 0.25) is 0 Å². The van der Waals surface area contributed by atoms with Crippen LogP contribution in [0.2, 0.25) is 0 Å². The molecule has 0 aromatic carbocycles. The molecule has 0 aromatic rings. The molecule has 0 aliphatic carbocycles. The molecule has 0 atom stereocenters. The Morgan fingerprint density at radius 3 is 2.46 bits per heavy atom. The van der Waals surface area contributed by atoms with E-state index in [9.17, 15) is 4.79 Å². The van der Waals surface area contributed by atoms with E-state index in [-0.39, 0.29) is 11.3 Å². The van der Waals surface area contributed by atoms with Gasteiger partial charge in [0.05, 0.1) is 5.54 Å². The molecule has 0 N–H and O–H groups in total. The summed E-state index contributed by atoms with van der Waals surface area (Å²) in [6, 6.07) is 0. The van der Waals surface area contributed by atoms with Gasteiger partial charge in [-0.2, -0.15) is 0 Å². The lowest BCUT2D eigenvalue weighted by Gasteiger charge is -2.33. The summed E-state index contributed by atoms with van der Waals surface area (Å²) in [4.78, 5) is 14.0. The normalized spacial score (nSPS) is 18.9. The first-order valence-electron chi connectivity index (χ1n) is 4.98. The number of Topliss-reactive ketones (excluding diaryl/α,β-unsaturated/α-hetero) is 1. The number of carbonyl (C=O) groups excluding carboxylic acids is 1. The summed E-state index contributed by atoms with van der Waals surface area (Å²) in [6.07, 6.45) is 4.64. The molecule has 0 radical (unpaired) electrons. The van der Waals surface area contributed by atoms with Gasteiger partial charge in [0.25, 0.3) is 0 Å². The Bertz CT molecular complexity index is 202. The van der Waals surface area contributed by atoms with Crippen LogP contribution in [0.15, 0.2) is 12.7 Å². The smallest absolute Gasteiger partial charge is 0.156 e. The number of allylic oxidation sites excluding steroid dienone is 1. The van der Waals surface area contributed by atoms with E-state index in [1.165, 1.54) is 12.8 Å². The standard InChI is InChI=1S/C11H19NO/c1-4-7-10(13)11(2,3)12-8-5-6-9-12/h4H,1,5-9H2,2-3H3. The third-order valence-electron chi connectivity index (χ3n) is 2.91. The van der Waals surface area contributed by atoms with E-state index >= 15 is 0 Å². The topological polar surface area (TPSA) is 20.3 Å². The van der Waals surface area contributed by atoms with Crippen LogP contribution in [0.1, 0.15) is 33.1 Å². The molecule has 1 aliphatic rings. The maximum absolute atomic E-state index is 11.7. The van der Waals surface area contributed by atoms with Crippen molar-refractivity contribution in [2.75, 3.05) is 13.1 Å². The Labute approximate surface area is 80.6 Å². The number of nitrogens with zero attached hydrogens (tertiary/aromatic N) is 1. The van der Waals surface area contributed by atoms with Crippen LogP contribution in [0, 0.1) is 0 Å². The van der Waals surface area contributed by atoms with Crippen LogP contribution in [-0.4, -0.2) is 29.3 Å². The third-order valence-corrected chi connectivity index (χ3v) is 2.91. The van der Waals surface area contributed by atoms with Crippen molar-refractivity contribution in [1.82, 2.24) is 4.90 Å². The highest BCUT2D eigenvalue weighted by atomic mass is 16.1. The second-order valence-corrected chi connectivity index (χ2v) is 4.17. The zero-order valence-electron chi connectivity index (χ0n) is 8.68. The summed E-state index contributed by atoms with van der Waals surface area (Å²) in [5.41, 5.74) is -0.287. The number of carbonyl (C=O) groups is 1. The number of ketones is 1. The summed E-state index contributed by atoms with van der Waals surface area (Å²) in [6.45, 7) is 9.77. The van der Waals surface area contributed by atoms with Crippen molar-refractivity contribution in [2.45, 2.75) is 38.6 Å². The zero-order chi connectivity index (χ0) is 9.90. The third kappa shape index (κ3) is 2.19. The molecule has 0 spiro atoms. The minimum absolute atomic E-state index is 0.282. The van der Waals surface area contributed by atoms with E-state index in [2.05, 4.69) is 11.5 Å². The lowest BCUT2D eigenvalue weighted by Crippen LogP contribution is -2.48. The largest absolute Gasteiger partial charge is 0.297 e. The Balaban J connectivity index is 2.61. The average molecular weight is 181 g/mol. The highest BCUT2D eigenvalue weighted by Crippen LogP contribution is 2.22. The van der Waals surface area contributed by atoms with E-state index in [1.807, 2.05) is 13.8 Å². The molecule has 1 heterocycles. The molecule has 1 aliphatic heterocycles. The van der Waals surface area contributed by atoms with E-state index in [0.717, 1.165) is 13.1 Å². The van der Waals surface area contributed by atoms with Gasteiger partial charge >= 0.3 is 0 Å². The van der Waals surface area contributed by atoms with Gasteiger partial charge in [-0.15, -0.1) is 6.58 Å². The monoisotopic (exact) mass is 181 g/mol. The zero-order valence-corrected chi connectivity index (χ0v) is 8.68. The molecular formula is C11H19NO. The molecule has 0 aromatic heterocycles. The van der Waals surface area contributed by atoms with Crippen molar-refractivity contribution >= 4 is 5.78 Å². The molecule has 2 nitrogen and oxygen atoms in total. The summed E-state index contributed by atoms with van der Waals surface area (Å²) in [7, 11) is 0. The molecule has 0 amide bonds. The molecule has 1 rings (SSSR count). The van der Waals surface area contributed by atoms with Gasteiger partial charge in [-0.25, -0.2) is 0 Å². The lowest BCUT2D eigenvalue weighted by molar-refractivity contribution is -0.127. The first-order chi connectivity index (χ1) is 6.09. The van der Waals surface area contributed by atoms with Gasteiger partial charge in [-0.05, 0) is 39.8 Å². The Kier molecular flexibility index (Phi) is 3.26. The van der Waals surface area contributed by atoms with Crippen molar-refractivity contribution < 1.29 is 4.79 Å². The van der Waals surface area contributed by atoms with Gasteiger partial charge in [0, 0.05) is 6.42 Å². The maximum atomic E-state index is 11.7. The molecule has 2 heteroatoms. The Morgan fingerprint density at radius 2 is 2.00 bits per heavy atom.